The molecule has 0 saturated carbocycles. The zero-order chi connectivity index (χ0) is 14.4. The molecule has 0 aromatic rings. The van der Waals surface area contributed by atoms with E-state index in [1.807, 2.05) is 6.08 Å². The predicted octanol–water partition coefficient (Wildman–Crippen LogP) is 4.57. The highest BCUT2D eigenvalue weighted by atomic mass is 16.6. The molecule has 0 aliphatic carbocycles. The largest absolute Gasteiger partial charge is 0.369 e. The van der Waals surface area contributed by atoms with E-state index >= 15 is 0 Å². The summed E-state index contributed by atoms with van der Waals surface area (Å²) in [6.07, 6.45) is 8.14. The molecule has 0 amide bonds. The van der Waals surface area contributed by atoms with Crippen LogP contribution in [0.5, 0.6) is 0 Å². The first-order valence-corrected chi connectivity index (χ1v) is 7.65. The van der Waals surface area contributed by atoms with Crippen LogP contribution in [0.1, 0.15) is 53.9 Å². The fourth-order valence-electron chi connectivity index (χ4n) is 3.14. The van der Waals surface area contributed by atoms with Crippen LogP contribution in [0.25, 0.3) is 0 Å². The Hall–Kier alpha value is -0.810. The monoisotopic (exact) mass is 263 g/mol. The van der Waals surface area contributed by atoms with Gasteiger partial charge in [0.1, 0.15) is 0 Å². The Morgan fingerprint density at radius 1 is 1.16 bits per heavy atom. The zero-order valence-electron chi connectivity index (χ0n) is 13.1. The van der Waals surface area contributed by atoms with Gasteiger partial charge in [0, 0.05) is 6.08 Å². The standard InChI is InChI=1S/C17H29NO/c1-12(2)9-15(5)17-16(19-17)11-14(4)10-13(3)7-6-8-18/h6-7,12-17H,9-11H2,1-5H3/b7-6+. The van der Waals surface area contributed by atoms with E-state index in [1.165, 1.54) is 6.42 Å². The number of epoxide rings is 1. The van der Waals surface area contributed by atoms with Crippen molar-refractivity contribution in [1.29, 1.82) is 5.26 Å². The first kappa shape index (κ1) is 16.2. The molecule has 0 bridgehead atoms. The van der Waals surface area contributed by atoms with Gasteiger partial charge in [-0.15, -0.1) is 0 Å². The molecule has 1 saturated heterocycles. The number of ether oxygens (including phenoxy) is 1. The van der Waals surface area contributed by atoms with Gasteiger partial charge in [0.05, 0.1) is 18.3 Å². The van der Waals surface area contributed by atoms with E-state index in [1.54, 1.807) is 6.08 Å². The summed E-state index contributed by atoms with van der Waals surface area (Å²) >= 11 is 0. The maximum Gasteiger partial charge on any atom is 0.0908 e. The molecule has 0 spiro atoms. The van der Waals surface area contributed by atoms with Crippen molar-refractivity contribution in [1.82, 2.24) is 0 Å². The topological polar surface area (TPSA) is 36.3 Å². The third kappa shape index (κ3) is 6.25. The van der Waals surface area contributed by atoms with Gasteiger partial charge in [0.2, 0.25) is 0 Å². The molecule has 0 radical (unpaired) electrons. The van der Waals surface area contributed by atoms with Crippen molar-refractivity contribution < 1.29 is 4.74 Å². The smallest absolute Gasteiger partial charge is 0.0908 e. The van der Waals surface area contributed by atoms with Gasteiger partial charge in [0.15, 0.2) is 0 Å². The van der Waals surface area contributed by atoms with Crippen molar-refractivity contribution in [2.75, 3.05) is 0 Å². The summed E-state index contributed by atoms with van der Waals surface area (Å²) in [5.41, 5.74) is 0. The molecule has 1 fully saturated rings. The molecule has 108 valence electrons. The van der Waals surface area contributed by atoms with Gasteiger partial charge in [-0.25, -0.2) is 0 Å². The van der Waals surface area contributed by atoms with E-state index in [9.17, 15) is 0 Å². The van der Waals surface area contributed by atoms with Crippen LogP contribution in [0.3, 0.4) is 0 Å². The number of allylic oxidation sites excluding steroid dienone is 2. The molecular weight excluding hydrogens is 234 g/mol. The van der Waals surface area contributed by atoms with Crippen LogP contribution >= 0.6 is 0 Å². The third-order valence-electron chi connectivity index (χ3n) is 3.93. The van der Waals surface area contributed by atoms with E-state index in [2.05, 4.69) is 40.7 Å². The number of nitrogens with zero attached hydrogens (tertiary/aromatic N) is 1. The molecule has 19 heavy (non-hydrogen) atoms. The van der Waals surface area contributed by atoms with E-state index in [0.29, 0.717) is 30.0 Å². The van der Waals surface area contributed by atoms with Crippen LogP contribution in [-0.4, -0.2) is 12.2 Å². The molecular formula is C17H29NO. The fourth-order valence-corrected chi connectivity index (χ4v) is 3.14. The molecule has 5 atom stereocenters. The minimum Gasteiger partial charge on any atom is -0.369 e. The van der Waals surface area contributed by atoms with Gasteiger partial charge in [-0.05, 0) is 42.9 Å². The summed E-state index contributed by atoms with van der Waals surface area (Å²) in [6.45, 7) is 11.3. The summed E-state index contributed by atoms with van der Waals surface area (Å²) in [5.74, 6) is 2.60. The van der Waals surface area contributed by atoms with Crippen LogP contribution in [-0.2, 0) is 4.74 Å². The number of nitriles is 1. The lowest BCUT2D eigenvalue weighted by Crippen LogP contribution is -2.12. The highest BCUT2D eigenvalue weighted by Gasteiger charge is 2.43. The maximum atomic E-state index is 8.52. The van der Waals surface area contributed by atoms with Gasteiger partial charge in [-0.2, -0.15) is 5.26 Å². The average Bonchev–Trinajstić information content (AvgIpc) is 3.04. The molecule has 1 rings (SSSR count). The van der Waals surface area contributed by atoms with Crippen molar-refractivity contribution in [3.8, 4) is 6.07 Å². The van der Waals surface area contributed by atoms with Crippen LogP contribution < -0.4 is 0 Å². The Kier molecular flexibility index (Phi) is 6.58. The van der Waals surface area contributed by atoms with Crippen molar-refractivity contribution in [3.63, 3.8) is 0 Å². The molecule has 5 unspecified atom stereocenters. The Balaban J connectivity index is 2.23. The first-order chi connectivity index (χ1) is 8.93. The molecule has 0 aromatic carbocycles. The number of hydrogen-bond donors (Lipinski definition) is 0. The van der Waals surface area contributed by atoms with Gasteiger partial charge in [-0.1, -0.05) is 40.7 Å². The van der Waals surface area contributed by atoms with Crippen LogP contribution in [0.4, 0.5) is 0 Å². The quantitative estimate of drug-likeness (QED) is 0.475. The minimum absolute atomic E-state index is 0.482. The van der Waals surface area contributed by atoms with E-state index < -0.39 is 0 Å². The third-order valence-corrected chi connectivity index (χ3v) is 3.93. The summed E-state index contributed by atoms with van der Waals surface area (Å²) in [5, 5.41) is 8.52. The molecule has 1 heterocycles. The molecule has 2 heteroatoms. The summed E-state index contributed by atoms with van der Waals surface area (Å²) in [7, 11) is 0. The Bertz CT molecular complexity index is 329. The summed E-state index contributed by atoms with van der Waals surface area (Å²) in [6, 6.07) is 2.06. The highest BCUT2D eigenvalue weighted by molar-refractivity contribution is 5.03. The van der Waals surface area contributed by atoms with Crippen molar-refractivity contribution in [2.45, 2.75) is 66.1 Å². The predicted molar refractivity (Wildman–Crippen MR) is 79.6 cm³/mol. The zero-order valence-corrected chi connectivity index (χ0v) is 13.1. The minimum atomic E-state index is 0.482. The number of rotatable bonds is 8. The molecule has 0 aromatic heterocycles. The Morgan fingerprint density at radius 2 is 1.84 bits per heavy atom. The molecule has 0 N–H and O–H groups in total. The van der Waals surface area contributed by atoms with Crippen molar-refractivity contribution >= 4 is 0 Å². The van der Waals surface area contributed by atoms with Gasteiger partial charge >= 0.3 is 0 Å². The second kappa shape index (κ2) is 7.70. The second-order valence-electron chi connectivity index (χ2n) is 6.79. The Morgan fingerprint density at radius 3 is 2.42 bits per heavy atom. The van der Waals surface area contributed by atoms with Crippen LogP contribution in [0, 0.1) is 35.0 Å². The van der Waals surface area contributed by atoms with E-state index in [4.69, 9.17) is 10.00 Å². The van der Waals surface area contributed by atoms with E-state index in [0.717, 1.165) is 18.8 Å². The van der Waals surface area contributed by atoms with Gasteiger partial charge < -0.3 is 4.74 Å². The van der Waals surface area contributed by atoms with E-state index in [-0.39, 0.29) is 0 Å². The van der Waals surface area contributed by atoms with Gasteiger partial charge in [0.25, 0.3) is 0 Å². The molecule has 1 aliphatic rings. The first-order valence-electron chi connectivity index (χ1n) is 7.65. The Labute approximate surface area is 118 Å². The summed E-state index contributed by atoms with van der Waals surface area (Å²) in [4.78, 5) is 0. The lowest BCUT2D eigenvalue weighted by molar-refractivity contribution is 0.289. The normalized spacial score (nSPS) is 27.2. The molecule has 2 nitrogen and oxygen atoms in total. The van der Waals surface area contributed by atoms with Gasteiger partial charge in [-0.3, -0.25) is 0 Å². The highest BCUT2D eigenvalue weighted by Crippen LogP contribution is 2.37. The lowest BCUT2D eigenvalue weighted by atomic mass is 9.89. The fraction of sp³-hybridized carbons (Fsp3) is 0.824. The number of hydrogen-bond acceptors (Lipinski definition) is 2. The molecule has 1 aliphatic heterocycles. The van der Waals surface area contributed by atoms with Crippen LogP contribution in [0.15, 0.2) is 12.2 Å². The summed E-state index contributed by atoms with van der Waals surface area (Å²) < 4.78 is 5.84. The van der Waals surface area contributed by atoms with Crippen LogP contribution in [0.2, 0.25) is 0 Å². The average molecular weight is 263 g/mol. The van der Waals surface area contributed by atoms with Crippen molar-refractivity contribution in [2.24, 2.45) is 23.7 Å². The maximum absolute atomic E-state index is 8.52. The SMILES string of the molecule is CC(C)CC(C)C1OC1CC(C)CC(C)/C=C/C#N. The second-order valence-corrected chi connectivity index (χ2v) is 6.79. The lowest BCUT2D eigenvalue weighted by Gasteiger charge is -2.14. The van der Waals surface area contributed by atoms with Crippen molar-refractivity contribution in [3.05, 3.63) is 12.2 Å².